The first kappa shape index (κ1) is 21.2. The fourth-order valence-electron chi connectivity index (χ4n) is 3.62. The number of hydrogen-bond acceptors (Lipinski definition) is 2. The van der Waals surface area contributed by atoms with Crippen molar-refractivity contribution in [2.24, 2.45) is 5.92 Å². The molecule has 4 heteroatoms. The van der Waals surface area contributed by atoms with Crippen LogP contribution in [0.25, 0.3) is 10.8 Å². The standard InChI is InChI=1S/C27H24F2O2/c1-2-3-22-17-30-27(31-18-22)13-11-20-6-4-19(5-7-20)8-9-21-10-12-23-15-25(28)26(29)16-24(23)14-21/h2,4-7,10,12,14-16,22,27H,1,3,11,13,17-18H2. The summed E-state index contributed by atoms with van der Waals surface area (Å²) in [5, 5.41) is 1.28. The highest BCUT2D eigenvalue weighted by Crippen LogP contribution is 2.20. The number of hydrogen-bond donors (Lipinski definition) is 0. The summed E-state index contributed by atoms with van der Waals surface area (Å²) in [5.41, 5.74) is 2.85. The third-order valence-electron chi connectivity index (χ3n) is 5.39. The number of fused-ring (bicyclic) bond motifs is 1. The van der Waals surface area contributed by atoms with Crippen LogP contribution in [0.1, 0.15) is 29.5 Å². The van der Waals surface area contributed by atoms with Crippen molar-refractivity contribution < 1.29 is 18.3 Å². The fraction of sp³-hybridized carbons (Fsp3) is 0.259. The molecule has 0 radical (unpaired) electrons. The normalized spacial score (nSPS) is 18.4. The van der Waals surface area contributed by atoms with Crippen molar-refractivity contribution in [2.45, 2.75) is 25.6 Å². The van der Waals surface area contributed by atoms with Crippen molar-refractivity contribution in [2.75, 3.05) is 13.2 Å². The molecule has 4 rings (SSSR count). The molecule has 1 aliphatic rings. The molecular formula is C27H24F2O2. The van der Waals surface area contributed by atoms with Gasteiger partial charge >= 0.3 is 0 Å². The van der Waals surface area contributed by atoms with Crippen LogP contribution in [0.15, 0.2) is 67.3 Å². The SMILES string of the molecule is C=CCC1COC(CCc2ccc(C#Cc3ccc4cc(F)c(F)cc4c3)cc2)OC1. The zero-order valence-corrected chi connectivity index (χ0v) is 17.2. The smallest absolute Gasteiger partial charge is 0.159 e. The molecule has 0 atom stereocenters. The topological polar surface area (TPSA) is 18.5 Å². The highest BCUT2D eigenvalue weighted by molar-refractivity contribution is 5.84. The summed E-state index contributed by atoms with van der Waals surface area (Å²) in [6.07, 6.45) is 4.37. The van der Waals surface area contributed by atoms with E-state index in [9.17, 15) is 8.78 Å². The van der Waals surface area contributed by atoms with Gasteiger partial charge in [-0.2, -0.15) is 0 Å². The minimum absolute atomic E-state index is 0.147. The summed E-state index contributed by atoms with van der Waals surface area (Å²) in [6.45, 7) is 5.21. The Hall–Kier alpha value is -3.00. The molecule has 0 spiro atoms. The predicted octanol–water partition coefficient (Wildman–Crippen LogP) is 6.02. The van der Waals surface area contributed by atoms with Crippen LogP contribution < -0.4 is 0 Å². The maximum atomic E-state index is 13.5. The molecular weight excluding hydrogens is 394 g/mol. The molecule has 2 nitrogen and oxygen atoms in total. The van der Waals surface area contributed by atoms with Gasteiger partial charge in [0, 0.05) is 23.5 Å². The lowest BCUT2D eigenvalue weighted by Crippen LogP contribution is -2.32. The van der Waals surface area contributed by atoms with Crippen LogP contribution in [0.2, 0.25) is 0 Å². The van der Waals surface area contributed by atoms with E-state index in [4.69, 9.17) is 9.47 Å². The maximum absolute atomic E-state index is 13.5. The third-order valence-corrected chi connectivity index (χ3v) is 5.39. The summed E-state index contributed by atoms with van der Waals surface area (Å²) in [6, 6.07) is 15.8. The summed E-state index contributed by atoms with van der Waals surface area (Å²) < 4.78 is 38.4. The Balaban J connectivity index is 1.34. The van der Waals surface area contributed by atoms with Gasteiger partial charge in [0.2, 0.25) is 0 Å². The first-order valence-electron chi connectivity index (χ1n) is 10.4. The number of ether oxygens (including phenoxy) is 2. The fourth-order valence-corrected chi connectivity index (χ4v) is 3.62. The molecule has 3 aromatic rings. The van der Waals surface area contributed by atoms with E-state index in [-0.39, 0.29) is 6.29 Å². The van der Waals surface area contributed by atoms with Gasteiger partial charge in [0.25, 0.3) is 0 Å². The van der Waals surface area contributed by atoms with Gasteiger partial charge in [0.05, 0.1) is 13.2 Å². The quantitative estimate of drug-likeness (QED) is 0.373. The Morgan fingerprint density at radius 2 is 1.52 bits per heavy atom. The Morgan fingerprint density at radius 3 is 2.23 bits per heavy atom. The van der Waals surface area contributed by atoms with Gasteiger partial charge in [-0.25, -0.2) is 8.78 Å². The van der Waals surface area contributed by atoms with Crippen LogP contribution in [-0.4, -0.2) is 19.5 Å². The largest absolute Gasteiger partial charge is 0.352 e. The molecule has 31 heavy (non-hydrogen) atoms. The molecule has 1 fully saturated rings. The van der Waals surface area contributed by atoms with Crippen molar-refractivity contribution >= 4 is 10.8 Å². The Kier molecular flexibility index (Phi) is 6.76. The molecule has 158 valence electrons. The number of halogens is 2. The summed E-state index contributed by atoms with van der Waals surface area (Å²) in [4.78, 5) is 0. The number of benzene rings is 3. The molecule has 0 N–H and O–H groups in total. The molecule has 0 amide bonds. The number of aryl methyl sites for hydroxylation is 1. The molecule has 1 aliphatic heterocycles. The van der Waals surface area contributed by atoms with E-state index in [1.165, 1.54) is 17.7 Å². The third kappa shape index (κ3) is 5.58. The van der Waals surface area contributed by atoms with Gasteiger partial charge in [-0.15, -0.1) is 6.58 Å². The highest BCUT2D eigenvalue weighted by atomic mass is 19.2. The van der Waals surface area contributed by atoms with Gasteiger partial charge in [-0.05, 0) is 65.6 Å². The minimum atomic E-state index is -0.853. The van der Waals surface area contributed by atoms with Crippen molar-refractivity contribution in [3.8, 4) is 11.8 Å². The average molecular weight is 418 g/mol. The Morgan fingerprint density at radius 1 is 0.871 bits per heavy atom. The van der Waals surface area contributed by atoms with Gasteiger partial charge < -0.3 is 9.47 Å². The molecule has 0 aliphatic carbocycles. The zero-order chi connectivity index (χ0) is 21.6. The van der Waals surface area contributed by atoms with Crippen LogP contribution >= 0.6 is 0 Å². The van der Waals surface area contributed by atoms with E-state index in [0.29, 0.717) is 16.7 Å². The van der Waals surface area contributed by atoms with Crippen LogP contribution in [-0.2, 0) is 15.9 Å². The molecule has 0 unspecified atom stereocenters. The van der Waals surface area contributed by atoms with Gasteiger partial charge in [0.1, 0.15) is 0 Å². The van der Waals surface area contributed by atoms with Crippen LogP contribution in [0.3, 0.4) is 0 Å². The summed E-state index contributed by atoms with van der Waals surface area (Å²) in [7, 11) is 0. The van der Waals surface area contributed by atoms with Crippen LogP contribution in [0, 0.1) is 29.4 Å². The second kappa shape index (κ2) is 9.87. The lowest BCUT2D eigenvalue weighted by Gasteiger charge is -2.28. The van der Waals surface area contributed by atoms with Gasteiger partial charge in [0.15, 0.2) is 17.9 Å². The van der Waals surface area contributed by atoms with E-state index in [1.807, 2.05) is 24.3 Å². The van der Waals surface area contributed by atoms with Gasteiger partial charge in [-0.3, -0.25) is 0 Å². The number of rotatable bonds is 5. The molecule has 0 bridgehead atoms. The first-order valence-corrected chi connectivity index (χ1v) is 10.4. The van der Waals surface area contributed by atoms with E-state index < -0.39 is 11.6 Å². The van der Waals surface area contributed by atoms with E-state index in [1.54, 1.807) is 12.1 Å². The predicted molar refractivity (Wildman–Crippen MR) is 119 cm³/mol. The maximum Gasteiger partial charge on any atom is 0.159 e. The lowest BCUT2D eigenvalue weighted by molar-refractivity contribution is -0.201. The summed E-state index contributed by atoms with van der Waals surface area (Å²) in [5.74, 6) is 4.93. The van der Waals surface area contributed by atoms with Gasteiger partial charge in [-0.1, -0.05) is 36.1 Å². The molecule has 0 saturated carbocycles. The minimum Gasteiger partial charge on any atom is -0.352 e. The first-order chi connectivity index (χ1) is 15.1. The highest BCUT2D eigenvalue weighted by Gasteiger charge is 2.20. The van der Waals surface area contributed by atoms with E-state index >= 15 is 0 Å². The van der Waals surface area contributed by atoms with Crippen LogP contribution in [0.5, 0.6) is 0 Å². The second-order valence-corrected chi connectivity index (χ2v) is 7.80. The van der Waals surface area contributed by atoms with Crippen molar-refractivity contribution in [3.63, 3.8) is 0 Å². The van der Waals surface area contributed by atoms with E-state index in [2.05, 4.69) is 30.6 Å². The number of allylic oxidation sites excluding steroid dienone is 1. The monoisotopic (exact) mass is 418 g/mol. The average Bonchev–Trinajstić information content (AvgIpc) is 2.79. The summed E-state index contributed by atoms with van der Waals surface area (Å²) >= 11 is 0. The molecule has 1 saturated heterocycles. The zero-order valence-electron chi connectivity index (χ0n) is 17.2. The molecule has 3 aromatic carbocycles. The second-order valence-electron chi connectivity index (χ2n) is 7.80. The van der Waals surface area contributed by atoms with E-state index in [0.717, 1.165) is 43.6 Å². The van der Waals surface area contributed by atoms with Crippen LogP contribution in [0.4, 0.5) is 8.78 Å². The molecule has 0 aromatic heterocycles. The van der Waals surface area contributed by atoms with Crippen molar-refractivity contribution in [1.29, 1.82) is 0 Å². The van der Waals surface area contributed by atoms with Crippen molar-refractivity contribution in [3.05, 3.63) is 95.6 Å². The Labute approximate surface area is 181 Å². The molecule has 1 heterocycles. The van der Waals surface area contributed by atoms with Crippen molar-refractivity contribution in [1.82, 2.24) is 0 Å². The lowest BCUT2D eigenvalue weighted by atomic mass is 10.0. The Bertz CT molecular complexity index is 1120.